The van der Waals surface area contributed by atoms with Gasteiger partial charge in [0.05, 0.1) is 11.7 Å². The van der Waals surface area contributed by atoms with Crippen LogP contribution in [0.5, 0.6) is 0 Å². The molecule has 0 spiro atoms. The first-order chi connectivity index (χ1) is 14.2. The molecular formula is C24H31N3O2. The van der Waals surface area contributed by atoms with E-state index < -0.39 is 0 Å². The largest absolute Gasteiger partial charge is 0.378 e. The molecule has 5 nitrogen and oxygen atoms in total. The summed E-state index contributed by atoms with van der Waals surface area (Å²) in [7, 11) is 0. The molecule has 2 aromatic rings. The summed E-state index contributed by atoms with van der Waals surface area (Å²) in [4.78, 5) is 19.8. The van der Waals surface area contributed by atoms with Crippen LogP contribution in [-0.4, -0.2) is 36.2 Å². The third kappa shape index (κ3) is 4.15. The lowest BCUT2D eigenvalue weighted by atomic mass is 9.89. The fourth-order valence-electron chi connectivity index (χ4n) is 4.68. The summed E-state index contributed by atoms with van der Waals surface area (Å²) in [6.07, 6.45) is 7.11. The van der Waals surface area contributed by atoms with E-state index in [4.69, 9.17) is 4.74 Å². The highest BCUT2D eigenvalue weighted by molar-refractivity contribution is 6.10. The second-order valence-corrected chi connectivity index (χ2v) is 8.09. The van der Waals surface area contributed by atoms with Crippen LogP contribution in [0.1, 0.15) is 55.5 Å². The first kappa shape index (κ1) is 19.9. The lowest BCUT2D eigenvalue weighted by molar-refractivity contribution is -0.0271. The SMILES string of the molecule is CCC(CC)C1CC(Nc2ncccc2C(=O)N2CCc3ccccc32)CCO1. The van der Waals surface area contributed by atoms with Crippen molar-refractivity contribution in [3.05, 3.63) is 53.7 Å². The Morgan fingerprint density at radius 3 is 2.90 bits per heavy atom. The van der Waals surface area contributed by atoms with E-state index in [2.05, 4.69) is 30.2 Å². The molecule has 3 heterocycles. The number of hydrogen-bond acceptors (Lipinski definition) is 4. The number of aromatic nitrogens is 1. The molecule has 1 amide bonds. The molecule has 2 aliphatic heterocycles. The van der Waals surface area contributed by atoms with Gasteiger partial charge in [0.2, 0.25) is 0 Å². The Morgan fingerprint density at radius 2 is 2.07 bits per heavy atom. The van der Waals surface area contributed by atoms with Crippen molar-refractivity contribution in [3.63, 3.8) is 0 Å². The quantitative estimate of drug-likeness (QED) is 0.774. The Morgan fingerprint density at radius 1 is 1.24 bits per heavy atom. The second kappa shape index (κ2) is 8.95. The van der Waals surface area contributed by atoms with Crippen LogP contribution >= 0.6 is 0 Å². The predicted molar refractivity (Wildman–Crippen MR) is 117 cm³/mol. The zero-order valence-corrected chi connectivity index (χ0v) is 17.4. The number of amides is 1. The second-order valence-electron chi connectivity index (χ2n) is 8.09. The minimum absolute atomic E-state index is 0.0224. The number of anilines is 2. The van der Waals surface area contributed by atoms with Crippen LogP contribution < -0.4 is 10.2 Å². The zero-order chi connectivity index (χ0) is 20.2. The van der Waals surface area contributed by atoms with Gasteiger partial charge in [-0.2, -0.15) is 0 Å². The van der Waals surface area contributed by atoms with Crippen LogP contribution in [0, 0.1) is 5.92 Å². The molecule has 154 valence electrons. The van der Waals surface area contributed by atoms with Gasteiger partial charge >= 0.3 is 0 Å². The van der Waals surface area contributed by atoms with Gasteiger partial charge in [-0.1, -0.05) is 44.9 Å². The van der Waals surface area contributed by atoms with Crippen molar-refractivity contribution >= 4 is 17.4 Å². The van der Waals surface area contributed by atoms with Gasteiger partial charge in [-0.3, -0.25) is 4.79 Å². The first-order valence-corrected chi connectivity index (χ1v) is 10.9. The number of carbonyl (C=O) groups is 1. The molecule has 5 heteroatoms. The summed E-state index contributed by atoms with van der Waals surface area (Å²) < 4.78 is 6.05. The molecule has 2 atom stereocenters. The van der Waals surface area contributed by atoms with E-state index in [1.807, 2.05) is 35.2 Å². The van der Waals surface area contributed by atoms with Crippen molar-refractivity contribution in [1.82, 2.24) is 4.98 Å². The highest BCUT2D eigenvalue weighted by Gasteiger charge is 2.30. The standard InChI is InChI=1S/C24H31N3O2/c1-3-17(4-2)22-16-19(12-15-29-22)26-23-20(9-7-13-25-23)24(28)27-14-11-18-8-5-6-10-21(18)27/h5-10,13,17,19,22H,3-4,11-12,14-16H2,1-2H3,(H,25,26). The maximum Gasteiger partial charge on any atom is 0.262 e. The molecule has 2 aliphatic rings. The number of nitrogens with one attached hydrogen (secondary N) is 1. The van der Waals surface area contributed by atoms with E-state index in [1.54, 1.807) is 6.20 Å². The monoisotopic (exact) mass is 393 g/mol. The molecule has 1 aromatic carbocycles. The highest BCUT2D eigenvalue weighted by Crippen LogP contribution is 2.31. The number of fused-ring (bicyclic) bond motifs is 1. The lowest BCUT2D eigenvalue weighted by Gasteiger charge is -2.35. The number of rotatable bonds is 6. The van der Waals surface area contributed by atoms with Crippen LogP contribution in [0.2, 0.25) is 0 Å². The Hall–Kier alpha value is -2.40. The van der Waals surface area contributed by atoms with Crippen molar-refractivity contribution in [1.29, 1.82) is 0 Å². The van der Waals surface area contributed by atoms with E-state index in [0.29, 0.717) is 17.3 Å². The molecule has 1 aromatic heterocycles. The summed E-state index contributed by atoms with van der Waals surface area (Å²) >= 11 is 0. The van der Waals surface area contributed by atoms with Crippen LogP contribution in [0.25, 0.3) is 0 Å². The third-order valence-electron chi connectivity index (χ3n) is 6.40. The van der Waals surface area contributed by atoms with Gasteiger partial charge in [0.1, 0.15) is 5.82 Å². The Kier molecular flexibility index (Phi) is 6.14. The minimum atomic E-state index is 0.0224. The molecule has 1 fully saturated rings. The van der Waals surface area contributed by atoms with Crippen molar-refractivity contribution < 1.29 is 9.53 Å². The van der Waals surface area contributed by atoms with E-state index in [-0.39, 0.29) is 18.1 Å². The van der Waals surface area contributed by atoms with Crippen molar-refractivity contribution in [2.24, 2.45) is 5.92 Å². The van der Waals surface area contributed by atoms with Gasteiger partial charge in [-0.05, 0) is 48.9 Å². The maximum atomic E-state index is 13.4. The van der Waals surface area contributed by atoms with E-state index >= 15 is 0 Å². The van der Waals surface area contributed by atoms with Gasteiger partial charge in [0.25, 0.3) is 5.91 Å². The van der Waals surface area contributed by atoms with Crippen molar-refractivity contribution in [2.45, 2.75) is 58.1 Å². The van der Waals surface area contributed by atoms with Crippen LogP contribution in [0.4, 0.5) is 11.5 Å². The van der Waals surface area contributed by atoms with Crippen molar-refractivity contribution in [3.8, 4) is 0 Å². The number of ether oxygens (including phenoxy) is 1. The summed E-state index contributed by atoms with van der Waals surface area (Å²) in [5.74, 6) is 1.30. The predicted octanol–water partition coefficient (Wildman–Crippen LogP) is 4.68. The number of para-hydroxylation sites is 1. The summed E-state index contributed by atoms with van der Waals surface area (Å²) in [5.41, 5.74) is 2.90. The van der Waals surface area contributed by atoms with Gasteiger partial charge in [-0.15, -0.1) is 0 Å². The summed E-state index contributed by atoms with van der Waals surface area (Å²) in [6.45, 7) is 5.95. The molecule has 29 heavy (non-hydrogen) atoms. The topological polar surface area (TPSA) is 54.5 Å². The Bertz CT molecular complexity index is 850. The summed E-state index contributed by atoms with van der Waals surface area (Å²) in [6, 6.07) is 12.2. The molecule has 1 N–H and O–H groups in total. The Labute approximate surface area is 173 Å². The van der Waals surface area contributed by atoms with Crippen molar-refractivity contribution in [2.75, 3.05) is 23.4 Å². The van der Waals surface area contributed by atoms with Crippen LogP contribution in [0.3, 0.4) is 0 Å². The number of hydrogen-bond donors (Lipinski definition) is 1. The summed E-state index contributed by atoms with van der Waals surface area (Å²) in [5, 5.41) is 3.57. The highest BCUT2D eigenvalue weighted by atomic mass is 16.5. The minimum Gasteiger partial charge on any atom is -0.378 e. The molecular weight excluding hydrogens is 362 g/mol. The molecule has 2 unspecified atom stereocenters. The molecule has 0 bridgehead atoms. The van der Waals surface area contributed by atoms with Gasteiger partial charge in [0, 0.05) is 31.1 Å². The number of pyridine rings is 1. The van der Waals surface area contributed by atoms with E-state index in [0.717, 1.165) is 50.9 Å². The van der Waals surface area contributed by atoms with E-state index in [9.17, 15) is 4.79 Å². The molecule has 0 aliphatic carbocycles. The first-order valence-electron chi connectivity index (χ1n) is 10.9. The average molecular weight is 394 g/mol. The van der Waals surface area contributed by atoms with Gasteiger partial charge in [0.15, 0.2) is 0 Å². The lowest BCUT2D eigenvalue weighted by Crippen LogP contribution is -2.38. The molecule has 4 rings (SSSR count). The third-order valence-corrected chi connectivity index (χ3v) is 6.40. The fraction of sp³-hybridized carbons (Fsp3) is 0.500. The smallest absolute Gasteiger partial charge is 0.262 e. The zero-order valence-electron chi connectivity index (χ0n) is 17.4. The van der Waals surface area contributed by atoms with Crippen LogP contribution in [0.15, 0.2) is 42.6 Å². The number of nitrogens with zero attached hydrogens (tertiary/aromatic N) is 2. The fourth-order valence-corrected chi connectivity index (χ4v) is 4.68. The van der Waals surface area contributed by atoms with Gasteiger partial charge in [-0.25, -0.2) is 4.98 Å². The maximum absolute atomic E-state index is 13.4. The average Bonchev–Trinajstić information content (AvgIpc) is 3.19. The van der Waals surface area contributed by atoms with Gasteiger partial charge < -0.3 is 15.0 Å². The number of carbonyl (C=O) groups excluding carboxylic acids is 1. The number of benzene rings is 1. The van der Waals surface area contributed by atoms with E-state index in [1.165, 1.54) is 5.56 Å². The molecule has 0 saturated carbocycles. The molecule has 1 saturated heterocycles. The van der Waals surface area contributed by atoms with Crippen LogP contribution in [-0.2, 0) is 11.2 Å². The Balaban J connectivity index is 1.51. The molecule has 0 radical (unpaired) electrons. The normalized spacial score (nSPS) is 21.3.